The highest BCUT2D eigenvalue weighted by atomic mass is 35.5. The molecule has 7 heteroatoms. The second kappa shape index (κ2) is 7.94. The van der Waals surface area contributed by atoms with Crippen LogP contribution >= 0.6 is 11.6 Å². The van der Waals surface area contributed by atoms with Crippen LogP contribution in [-0.4, -0.2) is 53.5 Å². The molecule has 0 radical (unpaired) electrons. The van der Waals surface area contributed by atoms with E-state index in [1.54, 1.807) is 19.3 Å². The summed E-state index contributed by atoms with van der Waals surface area (Å²) in [6.07, 6.45) is 5.19. The Bertz CT molecular complexity index is 1000. The number of anilines is 1. The summed E-state index contributed by atoms with van der Waals surface area (Å²) in [5.41, 5.74) is 2.61. The fourth-order valence-electron chi connectivity index (χ4n) is 3.37. The molecule has 1 aliphatic heterocycles. The van der Waals surface area contributed by atoms with Gasteiger partial charge in [-0.05, 0) is 42.5 Å². The van der Waals surface area contributed by atoms with Crippen LogP contribution in [0.5, 0.6) is 5.75 Å². The van der Waals surface area contributed by atoms with E-state index in [1.807, 2.05) is 58.0 Å². The monoisotopic (exact) mass is 396 g/mol. The Hall–Kier alpha value is -2.99. The Morgan fingerprint density at radius 2 is 1.86 bits per heavy atom. The van der Waals surface area contributed by atoms with Crippen LogP contribution in [0, 0.1) is 0 Å². The Morgan fingerprint density at radius 3 is 2.57 bits per heavy atom. The summed E-state index contributed by atoms with van der Waals surface area (Å²) in [4.78, 5) is 21.0. The Balaban J connectivity index is 1.39. The number of piperazine rings is 1. The third-order valence-corrected chi connectivity index (χ3v) is 5.21. The summed E-state index contributed by atoms with van der Waals surface area (Å²) in [6.45, 7) is 2.94. The molecule has 0 unspecified atom stereocenters. The topological polar surface area (TPSA) is 50.1 Å². The van der Waals surface area contributed by atoms with Gasteiger partial charge in [0.1, 0.15) is 11.4 Å². The normalized spacial score (nSPS) is 14.8. The van der Waals surface area contributed by atoms with E-state index in [1.165, 1.54) is 0 Å². The zero-order chi connectivity index (χ0) is 19.5. The van der Waals surface area contributed by atoms with Gasteiger partial charge >= 0.3 is 0 Å². The van der Waals surface area contributed by atoms with E-state index in [-0.39, 0.29) is 5.91 Å². The Kier molecular flexibility index (Phi) is 5.21. The van der Waals surface area contributed by atoms with Gasteiger partial charge in [-0.2, -0.15) is 0 Å². The fourth-order valence-corrected chi connectivity index (χ4v) is 3.61. The van der Waals surface area contributed by atoms with Crippen LogP contribution in [-0.2, 0) is 4.79 Å². The van der Waals surface area contributed by atoms with Crippen LogP contribution in [0.1, 0.15) is 5.69 Å². The lowest BCUT2D eigenvalue weighted by Crippen LogP contribution is -2.48. The summed E-state index contributed by atoms with van der Waals surface area (Å²) < 4.78 is 7.07. The van der Waals surface area contributed by atoms with Crippen LogP contribution < -0.4 is 9.64 Å². The molecule has 1 amide bonds. The number of aromatic nitrogens is 2. The minimum Gasteiger partial charge on any atom is -0.497 e. The van der Waals surface area contributed by atoms with Gasteiger partial charge in [-0.1, -0.05) is 17.7 Å². The third kappa shape index (κ3) is 3.68. The first-order valence-electron chi connectivity index (χ1n) is 9.14. The van der Waals surface area contributed by atoms with E-state index < -0.39 is 0 Å². The number of methoxy groups -OCH3 is 1. The van der Waals surface area contributed by atoms with Crippen molar-refractivity contribution < 1.29 is 9.53 Å². The molecule has 3 aromatic rings. The van der Waals surface area contributed by atoms with Crippen molar-refractivity contribution in [3.63, 3.8) is 0 Å². The van der Waals surface area contributed by atoms with Crippen LogP contribution in [0.2, 0.25) is 5.15 Å². The maximum absolute atomic E-state index is 12.6. The minimum atomic E-state index is -0.0173. The van der Waals surface area contributed by atoms with E-state index in [0.29, 0.717) is 23.9 Å². The third-order valence-electron chi connectivity index (χ3n) is 4.93. The summed E-state index contributed by atoms with van der Waals surface area (Å²) >= 11 is 6.22. The van der Waals surface area contributed by atoms with Crippen LogP contribution in [0.15, 0.2) is 54.7 Å². The first-order chi connectivity index (χ1) is 13.7. The van der Waals surface area contributed by atoms with Crippen molar-refractivity contribution in [3.05, 3.63) is 65.6 Å². The maximum atomic E-state index is 12.6. The molecule has 1 aromatic carbocycles. The zero-order valence-electron chi connectivity index (χ0n) is 15.6. The number of amides is 1. The molecular weight excluding hydrogens is 376 g/mol. The molecular formula is C21H21ClN4O2. The van der Waals surface area contributed by atoms with E-state index in [2.05, 4.69) is 9.88 Å². The number of halogens is 1. The van der Waals surface area contributed by atoms with Crippen molar-refractivity contribution >= 4 is 34.9 Å². The highest BCUT2D eigenvalue weighted by Crippen LogP contribution is 2.21. The summed E-state index contributed by atoms with van der Waals surface area (Å²) in [5, 5.41) is 0.388. The first-order valence-corrected chi connectivity index (χ1v) is 9.52. The number of carbonyl (C=O) groups excluding carboxylic acids is 1. The molecule has 144 valence electrons. The van der Waals surface area contributed by atoms with Crippen molar-refractivity contribution in [1.82, 2.24) is 14.3 Å². The van der Waals surface area contributed by atoms with Crippen molar-refractivity contribution in [2.45, 2.75) is 0 Å². The Labute approximate surface area is 168 Å². The molecule has 3 heterocycles. The largest absolute Gasteiger partial charge is 0.497 e. The lowest BCUT2D eigenvalue weighted by atomic mass is 10.2. The molecule has 0 atom stereocenters. The smallest absolute Gasteiger partial charge is 0.246 e. The van der Waals surface area contributed by atoms with Crippen LogP contribution in [0.4, 0.5) is 5.69 Å². The number of imidazole rings is 1. The second-order valence-corrected chi connectivity index (χ2v) is 6.92. The number of hydrogen-bond acceptors (Lipinski definition) is 4. The number of carbonyl (C=O) groups is 1. The average Bonchev–Trinajstić information content (AvgIpc) is 3.07. The standard InChI is InChI=1S/C21H21ClN4O2/c1-28-17-7-5-16(6-8-17)24-12-14-25(15-13-24)20(27)10-9-18-21(22)23-19-4-2-3-11-26(18)19/h2-11H,12-15H2,1H3/b10-9+. The zero-order valence-corrected chi connectivity index (χ0v) is 16.3. The quantitative estimate of drug-likeness (QED) is 0.634. The molecule has 2 aromatic heterocycles. The summed E-state index contributed by atoms with van der Waals surface area (Å²) in [7, 11) is 1.66. The van der Waals surface area contributed by atoms with E-state index in [0.717, 1.165) is 30.2 Å². The first kappa shape index (κ1) is 18.4. The van der Waals surface area contributed by atoms with Gasteiger partial charge in [-0.3, -0.25) is 9.20 Å². The van der Waals surface area contributed by atoms with Crippen LogP contribution in [0.25, 0.3) is 11.7 Å². The fraction of sp³-hybridized carbons (Fsp3) is 0.238. The lowest BCUT2D eigenvalue weighted by Gasteiger charge is -2.35. The predicted octanol–water partition coefficient (Wildman–Crippen LogP) is 3.36. The SMILES string of the molecule is COc1ccc(N2CCN(C(=O)/C=C/c3c(Cl)nc4ccccn34)CC2)cc1. The molecule has 0 N–H and O–H groups in total. The molecule has 0 bridgehead atoms. The van der Waals surface area contributed by atoms with E-state index >= 15 is 0 Å². The van der Waals surface area contributed by atoms with Gasteiger partial charge in [0.15, 0.2) is 5.15 Å². The number of hydrogen-bond donors (Lipinski definition) is 0. The number of pyridine rings is 1. The molecule has 28 heavy (non-hydrogen) atoms. The number of fused-ring (bicyclic) bond motifs is 1. The molecule has 1 fully saturated rings. The molecule has 4 rings (SSSR count). The molecule has 1 saturated heterocycles. The average molecular weight is 397 g/mol. The molecule has 6 nitrogen and oxygen atoms in total. The number of ether oxygens (including phenoxy) is 1. The molecule has 0 aliphatic carbocycles. The number of rotatable bonds is 4. The lowest BCUT2D eigenvalue weighted by molar-refractivity contribution is -0.126. The number of nitrogens with zero attached hydrogens (tertiary/aromatic N) is 4. The molecule has 0 saturated carbocycles. The van der Waals surface area contributed by atoms with Crippen molar-refractivity contribution in [2.75, 3.05) is 38.2 Å². The van der Waals surface area contributed by atoms with Crippen molar-refractivity contribution in [3.8, 4) is 5.75 Å². The van der Waals surface area contributed by atoms with Gasteiger partial charge in [-0.15, -0.1) is 0 Å². The molecule has 0 spiro atoms. The second-order valence-electron chi connectivity index (χ2n) is 6.56. The number of benzene rings is 1. The van der Waals surface area contributed by atoms with Gasteiger partial charge < -0.3 is 14.5 Å². The maximum Gasteiger partial charge on any atom is 0.246 e. The van der Waals surface area contributed by atoms with Gasteiger partial charge in [0.2, 0.25) is 5.91 Å². The Morgan fingerprint density at radius 1 is 1.11 bits per heavy atom. The van der Waals surface area contributed by atoms with Gasteiger partial charge in [0, 0.05) is 44.1 Å². The van der Waals surface area contributed by atoms with Crippen LogP contribution in [0.3, 0.4) is 0 Å². The molecule has 1 aliphatic rings. The van der Waals surface area contributed by atoms with Crippen molar-refractivity contribution in [1.29, 1.82) is 0 Å². The van der Waals surface area contributed by atoms with Gasteiger partial charge in [-0.25, -0.2) is 4.98 Å². The van der Waals surface area contributed by atoms with E-state index in [9.17, 15) is 4.79 Å². The highest BCUT2D eigenvalue weighted by Gasteiger charge is 2.20. The summed E-state index contributed by atoms with van der Waals surface area (Å²) in [5.74, 6) is 0.824. The van der Waals surface area contributed by atoms with Gasteiger partial charge in [0.05, 0.1) is 12.8 Å². The van der Waals surface area contributed by atoms with Gasteiger partial charge in [0.25, 0.3) is 0 Å². The highest BCUT2D eigenvalue weighted by molar-refractivity contribution is 6.31. The minimum absolute atomic E-state index is 0.0173. The van der Waals surface area contributed by atoms with E-state index in [4.69, 9.17) is 16.3 Å². The predicted molar refractivity (Wildman–Crippen MR) is 111 cm³/mol. The summed E-state index contributed by atoms with van der Waals surface area (Å²) in [6, 6.07) is 13.7. The van der Waals surface area contributed by atoms with Crippen molar-refractivity contribution in [2.24, 2.45) is 0 Å².